The molecule has 124 valence electrons. The van der Waals surface area contributed by atoms with E-state index in [9.17, 15) is 14.7 Å². The van der Waals surface area contributed by atoms with Gasteiger partial charge in [-0.15, -0.1) is 0 Å². The number of likely N-dealkylation sites (tertiary alicyclic amines) is 1. The van der Waals surface area contributed by atoms with Crippen molar-refractivity contribution in [2.75, 3.05) is 19.6 Å². The van der Waals surface area contributed by atoms with Gasteiger partial charge in [-0.2, -0.15) is 0 Å². The number of hydrogen-bond donors (Lipinski definition) is 1. The van der Waals surface area contributed by atoms with Crippen LogP contribution in [0.15, 0.2) is 24.3 Å². The molecule has 5 nitrogen and oxygen atoms in total. The molecular weight excluding hydrogens is 292 g/mol. The number of fused-ring (bicyclic) bond motifs is 1. The Morgan fingerprint density at radius 1 is 1.13 bits per heavy atom. The van der Waals surface area contributed by atoms with Gasteiger partial charge >= 0.3 is 0 Å². The molecule has 0 spiro atoms. The molecule has 0 saturated carbocycles. The van der Waals surface area contributed by atoms with E-state index in [0.717, 1.165) is 32.2 Å². The number of carbonyl (C=O) groups is 2. The summed E-state index contributed by atoms with van der Waals surface area (Å²) in [5.74, 6) is -0.398. The number of rotatable bonds is 5. The van der Waals surface area contributed by atoms with Gasteiger partial charge in [0.2, 0.25) is 0 Å². The van der Waals surface area contributed by atoms with E-state index in [4.69, 9.17) is 0 Å². The first-order valence-electron chi connectivity index (χ1n) is 8.50. The maximum Gasteiger partial charge on any atom is 0.261 e. The van der Waals surface area contributed by atoms with Crippen molar-refractivity contribution >= 4 is 11.8 Å². The molecule has 3 rings (SSSR count). The van der Waals surface area contributed by atoms with Crippen molar-refractivity contribution < 1.29 is 14.7 Å². The van der Waals surface area contributed by atoms with Gasteiger partial charge in [0.15, 0.2) is 0 Å². The molecule has 2 aliphatic heterocycles. The number of nitrogens with zero attached hydrogens (tertiary/aromatic N) is 2. The number of piperidine rings is 1. The van der Waals surface area contributed by atoms with Gasteiger partial charge in [0.1, 0.15) is 0 Å². The Kier molecular flexibility index (Phi) is 4.78. The summed E-state index contributed by atoms with van der Waals surface area (Å²) in [6.07, 6.45) is 3.61. The van der Waals surface area contributed by atoms with Gasteiger partial charge in [-0.25, -0.2) is 0 Å². The van der Waals surface area contributed by atoms with Crippen LogP contribution in [-0.2, 0) is 0 Å². The van der Waals surface area contributed by atoms with Crippen molar-refractivity contribution in [3.05, 3.63) is 35.4 Å². The molecule has 1 fully saturated rings. The molecule has 1 aromatic carbocycles. The second-order valence-corrected chi connectivity index (χ2v) is 6.38. The van der Waals surface area contributed by atoms with Gasteiger partial charge in [-0.05, 0) is 37.9 Å². The summed E-state index contributed by atoms with van der Waals surface area (Å²) in [5.41, 5.74) is 1.00. The molecule has 2 amide bonds. The fourth-order valence-electron chi connectivity index (χ4n) is 3.67. The molecule has 0 radical (unpaired) electrons. The van der Waals surface area contributed by atoms with Crippen LogP contribution in [-0.4, -0.2) is 58.5 Å². The van der Waals surface area contributed by atoms with Crippen molar-refractivity contribution in [1.29, 1.82) is 0 Å². The standard InChI is InChI=1S/C18H24N2O3/c1-2-16(21)15-9-5-6-10-19(15)11-12-20-17(22)13-7-3-4-8-14(13)18(20)23/h3-4,7-8,15-16,21H,2,5-6,9-12H2,1H3. The number of aliphatic hydroxyl groups is 1. The Hall–Kier alpha value is -1.72. The fraction of sp³-hybridized carbons (Fsp3) is 0.556. The SMILES string of the molecule is CCC(O)C1CCCCN1CCN1C(=O)c2ccccc2C1=O. The minimum Gasteiger partial charge on any atom is -0.392 e. The van der Waals surface area contributed by atoms with Gasteiger partial charge in [-0.3, -0.25) is 19.4 Å². The Bertz CT molecular complexity index is 567. The summed E-state index contributed by atoms with van der Waals surface area (Å²) in [6.45, 7) is 3.93. The van der Waals surface area contributed by atoms with Crippen molar-refractivity contribution in [2.24, 2.45) is 0 Å². The average Bonchev–Trinajstić information content (AvgIpc) is 2.84. The van der Waals surface area contributed by atoms with Crippen molar-refractivity contribution in [3.8, 4) is 0 Å². The third-order valence-electron chi connectivity index (χ3n) is 5.02. The normalized spacial score (nSPS) is 23.2. The van der Waals surface area contributed by atoms with Crippen LogP contribution >= 0.6 is 0 Å². The van der Waals surface area contributed by atoms with Crippen LogP contribution in [0.25, 0.3) is 0 Å². The average molecular weight is 316 g/mol. The molecule has 2 aliphatic rings. The molecule has 1 N–H and O–H groups in total. The maximum atomic E-state index is 12.4. The highest BCUT2D eigenvalue weighted by atomic mass is 16.3. The lowest BCUT2D eigenvalue weighted by Crippen LogP contribution is -2.49. The monoisotopic (exact) mass is 316 g/mol. The van der Waals surface area contributed by atoms with Crippen molar-refractivity contribution in [1.82, 2.24) is 9.80 Å². The van der Waals surface area contributed by atoms with Crippen LogP contribution in [0.4, 0.5) is 0 Å². The summed E-state index contributed by atoms with van der Waals surface area (Å²) >= 11 is 0. The van der Waals surface area contributed by atoms with Crippen LogP contribution in [0.3, 0.4) is 0 Å². The molecule has 0 aliphatic carbocycles. The number of imide groups is 1. The van der Waals surface area contributed by atoms with Crippen molar-refractivity contribution in [2.45, 2.75) is 44.8 Å². The molecule has 1 aromatic rings. The quantitative estimate of drug-likeness (QED) is 0.843. The zero-order valence-corrected chi connectivity index (χ0v) is 13.6. The summed E-state index contributed by atoms with van der Waals surface area (Å²) in [7, 11) is 0. The molecule has 2 heterocycles. The predicted molar refractivity (Wildman–Crippen MR) is 87.3 cm³/mol. The van der Waals surface area contributed by atoms with E-state index in [1.54, 1.807) is 24.3 Å². The lowest BCUT2D eigenvalue weighted by molar-refractivity contribution is 0.0195. The van der Waals surface area contributed by atoms with Crippen LogP contribution in [0.5, 0.6) is 0 Å². The summed E-state index contributed by atoms with van der Waals surface area (Å²) in [6, 6.07) is 7.13. The van der Waals surface area contributed by atoms with Gasteiger partial charge < -0.3 is 5.11 Å². The highest BCUT2D eigenvalue weighted by Gasteiger charge is 2.36. The predicted octanol–water partition coefficient (Wildman–Crippen LogP) is 1.91. The van der Waals surface area contributed by atoms with Gasteiger partial charge in [0, 0.05) is 19.1 Å². The molecule has 1 saturated heterocycles. The van der Waals surface area contributed by atoms with Crippen LogP contribution in [0.2, 0.25) is 0 Å². The fourth-order valence-corrected chi connectivity index (χ4v) is 3.67. The zero-order chi connectivity index (χ0) is 16.4. The van der Waals surface area contributed by atoms with E-state index in [1.807, 2.05) is 6.92 Å². The Morgan fingerprint density at radius 2 is 1.78 bits per heavy atom. The van der Waals surface area contributed by atoms with E-state index in [1.165, 1.54) is 4.90 Å². The minimum absolute atomic E-state index is 0.143. The lowest BCUT2D eigenvalue weighted by Gasteiger charge is -2.38. The second kappa shape index (κ2) is 6.81. The van der Waals surface area contributed by atoms with E-state index >= 15 is 0 Å². The van der Waals surface area contributed by atoms with E-state index in [0.29, 0.717) is 24.2 Å². The lowest BCUT2D eigenvalue weighted by atomic mass is 9.96. The van der Waals surface area contributed by atoms with Crippen LogP contribution < -0.4 is 0 Å². The third kappa shape index (κ3) is 3.03. The first-order valence-corrected chi connectivity index (χ1v) is 8.50. The number of carbonyl (C=O) groups excluding carboxylic acids is 2. The molecule has 23 heavy (non-hydrogen) atoms. The maximum absolute atomic E-state index is 12.4. The molecule has 0 aromatic heterocycles. The first kappa shape index (κ1) is 16.1. The zero-order valence-electron chi connectivity index (χ0n) is 13.6. The minimum atomic E-state index is -0.336. The van der Waals surface area contributed by atoms with Gasteiger partial charge in [0.25, 0.3) is 11.8 Å². The van der Waals surface area contributed by atoms with Crippen molar-refractivity contribution in [3.63, 3.8) is 0 Å². The largest absolute Gasteiger partial charge is 0.392 e. The summed E-state index contributed by atoms with van der Waals surface area (Å²) in [5, 5.41) is 10.2. The summed E-state index contributed by atoms with van der Waals surface area (Å²) < 4.78 is 0. The number of hydrogen-bond acceptors (Lipinski definition) is 4. The van der Waals surface area contributed by atoms with E-state index < -0.39 is 0 Å². The summed E-state index contributed by atoms with van der Waals surface area (Å²) in [4.78, 5) is 28.4. The topological polar surface area (TPSA) is 60.9 Å². The number of amides is 2. The second-order valence-electron chi connectivity index (χ2n) is 6.38. The van der Waals surface area contributed by atoms with E-state index in [-0.39, 0.29) is 24.0 Å². The molecule has 2 atom stereocenters. The number of benzene rings is 1. The molecule has 2 unspecified atom stereocenters. The van der Waals surface area contributed by atoms with Gasteiger partial charge in [0.05, 0.1) is 17.2 Å². The molecular formula is C18H24N2O3. The van der Waals surface area contributed by atoms with Crippen LogP contribution in [0, 0.1) is 0 Å². The first-order chi connectivity index (χ1) is 11.1. The third-order valence-corrected chi connectivity index (χ3v) is 5.02. The Balaban J connectivity index is 1.66. The van der Waals surface area contributed by atoms with E-state index in [2.05, 4.69) is 4.90 Å². The smallest absolute Gasteiger partial charge is 0.261 e. The Morgan fingerprint density at radius 3 is 2.39 bits per heavy atom. The van der Waals surface area contributed by atoms with Gasteiger partial charge in [-0.1, -0.05) is 25.5 Å². The number of aliphatic hydroxyl groups excluding tert-OH is 1. The van der Waals surface area contributed by atoms with Crippen LogP contribution in [0.1, 0.15) is 53.3 Å². The Labute approximate surface area is 136 Å². The highest BCUT2D eigenvalue weighted by molar-refractivity contribution is 6.21. The molecule has 0 bridgehead atoms. The molecule has 5 heteroatoms. The highest BCUT2D eigenvalue weighted by Crippen LogP contribution is 2.24.